The van der Waals surface area contributed by atoms with E-state index in [9.17, 15) is 9.59 Å². The molecule has 0 bridgehead atoms. The van der Waals surface area contributed by atoms with Crippen molar-refractivity contribution in [3.8, 4) is 0 Å². The van der Waals surface area contributed by atoms with Crippen LogP contribution in [0.4, 0.5) is 5.82 Å². The number of aryl methyl sites for hydroxylation is 1. The minimum Gasteiger partial charge on any atom is -0.395 e. The minimum absolute atomic E-state index is 0.00665. The van der Waals surface area contributed by atoms with Crippen molar-refractivity contribution in [1.29, 1.82) is 0 Å². The molecule has 110 valence electrons. The Hall–Kier alpha value is -1.89. The highest BCUT2D eigenvalue weighted by Gasteiger charge is 2.24. The Morgan fingerprint density at radius 2 is 2.15 bits per heavy atom. The Balaban J connectivity index is 1.99. The standard InChI is InChI=1S/C13H20N4O3/c1-17-11(15-12(19)9-4-2-3-5-9)8-10(16-17)13(20)14-6-7-18/h8-9,18H,2-7H2,1H3,(H,14,20)(H,15,19). The number of hydrogen-bond acceptors (Lipinski definition) is 4. The molecule has 1 heterocycles. The Morgan fingerprint density at radius 1 is 1.45 bits per heavy atom. The van der Waals surface area contributed by atoms with Gasteiger partial charge in [-0.2, -0.15) is 5.10 Å². The van der Waals surface area contributed by atoms with Gasteiger partial charge in [-0.05, 0) is 12.8 Å². The molecule has 0 aromatic carbocycles. The van der Waals surface area contributed by atoms with Gasteiger partial charge in [-0.25, -0.2) is 0 Å². The summed E-state index contributed by atoms with van der Waals surface area (Å²) in [6, 6.07) is 1.54. The van der Waals surface area contributed by atoms with Crippen LogP contribution in [-0.2, 0) is 11.8 Å². The van der Waals surface area contributed by atoms with Gasteiger partial charge in [-0.15, -0.1) is 0 Å². The summed E-state index contributed by atoms with van der Waals surface area (Å²) in [6.07, 6.45) is 4.04. The van der Waals surface area contributed by atoms with Gasteiger partial charge >= 0.3 is 0 Å². The lowest BCUT2D eigenvalue weighted by molar-refractivity contribution is -0.119. The lowest BCUT2D eigenvalue weighted by atomic mass is 10.1. The van der Waals surface area contributed by atoms with E-state index in [0.717, 1.165) is 25.7 Å². The molecule has 7 nitrogen and oxygen atoms in total. The van der Waals surface area contributed by atoms with Gasteiger partial charge in [0, 0.05) is 25.6 Å². The van der Waals surface area contributed by atoms with Crippen molar-refractivity contribution in [1.82, 2.24) is 15.1 Å². The maximum atomic E-state index is 12.0. The van der Waals surface area contributed by atoms with Crippen molar-refractivity contribution < 1.29 is 14.7 Å². The van der Waals surface area contributed by atoms with Crippen molar-refractivity contribution in [2.24, 2.45) is 13.0 Å². The van der Waals surface area contributed by atoms with Gasteiger partial charge in [-0.1, -0.05) is 12.8 Å². The third-order valence-electron chi connectivity index (χ3n) is 3.49. The number of aliphatic hydroxyl groups excluding tert-OH is 1. The van der Waals surface area contributed by atoms with Crippen molar-refractivity contribution in [2.75, 3.05) is 18.5 Å². The van der Waals surface area contributed by atoms with Gasteiger partial charge < -0.3 is 15.7 Å². The van der Waals surface area contributed by atoms with Crippen LogP contribution in [0.5, 0.6) is 0 Å². The number of amides is 2. The molecule has 2 amide bonds. The molecule has 1 aromatic rings. The SMILES string of the molecule is Cn1nc(C(=O)NCCO)cc1NC(=O)C1CCCC1. The molecule has 1 aromatic heterocycles. The van der Waals surface area contributed by atoms with Crippen LogP contribution in [0.1, 0.15) is 36.2 Å². The highest BCUT2D eigenvalue weighted by atomic mass is 16.3. The second kappa shape index (κ2) is 6.51. The van der Waals surface area contributed by atoms with E-state index >= 15 is 0 Å². The fourth-order valence-electron chi connectivity index (χ4n) is 2.37. The lowest BCUT2D eigenvalue weighted by Crippen LogP contribution is -2.26. The topological polar surface area (TPSA) is 96.2 Å². The number of hydrogen-bond donors (Lipinski definition) is 3. The second-order valence-electron chi connectivity index (χ2n) is 4.99. The average Bonchev–Trinajstić information content (AvgIpc) is 3.06. The quantitative estimate of drug-likeness (QED) is 0.721. The van der Waals surface area contributed by atoms with E-state index in [4.69, 9.17) is 5.11 Å². The monoisotopic (exact) mass is 280 g/mol. The molecular weight excluding hydrogens is 260 g/mol. The van der Waals surface area contributed by atoms with Crippen molar-refractivity contribution >= 4 is 17.6 Å². The van der Waals surface area contributed by atoms with E-state index in [1.165, 1.54) is 4.68 Å². The zero-order valence-electron chi connectivity index (χ0n) is 11.6. The van der Waals surface area contributed by atoms with Gasteiger partial charge in [0.15, 0.2) is 5.69 Å². The molecule has 0 aliphatic heterocycles. The molecule has 2 rings (SSSR count). The van der Waals surface area contributed by atoms with Crippen molar-refractivity contribution in [2.45, 2.75) is 25.7 Å². The molecule has 0 spiro atoms. The number of nitrogens with zero attached hydrogens (tertiary/aromatic N) is 2. The van der Waals surface area contributed by atoms with Crippen LogP contribution < -0.4 is 10.6 Å². The predicted molar refractivity (Wildman–Crippen MR) is 73.2 cm³/mol. The maximum absolute atomic E-state index is 12.0. The molecule has 20 heavy (non-hydrogen) atoms. The Bertz CT molecular complexity index is 492. The first-order chi connectivity index (χ1) is 9.61. The molecule has 0 saturated heterocycles. The summed E-state index contributed by atoms with van der Waals surface area (Å²) in [5, 5.41) is 18.1. The van der Waals surface area contributed by atoms with E-state index < -0.39 is 0 Å². The smallest absolute Gasteiger partial charge is 0.271 e. The predicted octanol–water partition coefficient (Wildman–Crippen LogP) is 0.271. The molecule has 0 unspecified atom stereocenters. The van der Waals surface area contributed by atoms with Gasteiger partial charge in [0.2, 0.25) is 5.91 Å². The number of carbonyl (C=O) groups excluding carboxylic acids is 2. The van der Waals surface area contributed by atoms with E-state index in [2.05, 4.69) is 15.7 Å². The number of rotatable bonds is 5. The highest BCUT2D eigenvalue weighted by molar-refractivity contribution is 5.96. The van der Waals surface area contributed by atoms with Crippen LogP contribution in [0.25, 0.3) is 0 Å². The summed E-state index contributed by atoms with van der Waals surface area (Å²) in [7, 11) is 1.67. The normalized spacial score (nSPS) is 15.3. The summed E-state index contributed by atoms with van der Waals surface area (Å²) in [5.74, 6) is 0.205. The third kappa shape index (κ3) is 3.36. The summed E-state index contributed by atoms with van der Waals surface area (Å²) in [6.45, 7) is 0.0586. The van der Waals surface area contributed by atoms with Gasteiger partial charge in [-0.3, -0.25) is 14.3 Å². The summed E-state index contributed by atoms with van der Waals surface area (Å²) >= 11 is 0. The van der Waals surface area contributed by atoms with Crippen molar-refractivity contribution in [3.05, 3.63) is 11.8 Å². The molecule has 1 saturated carbocycles. The van der Waals surface area contributed by atoms with Crippen LogP contribution in [0.15, 0.2) is 6.07 Å². The molecule has 7 heteroatoms. The molecule has 0 atom stereocenters. The zero-order chi connectivity index (χ0) is 14.5. The molecular formula is C13H20N4O3. The van der Waals surface area contributed by atoms with Crippen LogP contribution in [-0.4, -0.2) is 39.9 Å². The van der Waals surface area contributed by atoms with Crippen LogP contribution in [0.3, 0.4) is 0 Å². The highest BCUT2D eigenvalue weighted by Crippen LogP contribution is 2.26. The van der Waals surface area contributed by atoms with E-state index in [1.54, 1.807) is 13.1 Å². The number of nitrogens with one attached hydrogen (secondary N) is 2. The van der Waals surface area contributed by atoms with Crippen LogP contribution >= 0.6 is 0 Å². The van der Waals surface area contributed by atoms with Crippen molar-refractivity contribution in [3.63, 3.8) is 0 Å². The first-order valence-electron chi connectivity index (χ1n) is 6.85. The largest absolute Gasteiger partial charge is 0.395 e. The summed E-state index contributed by atoms with van der Waals surface area (Å²) < 4.78 is 1.47. The molecule has 0 radical (unpaired) electrons. The average molecular weight is 280 g/mol. The lowest BCUT2D eigenvalue weighted by Gasteiger charge is -2.09. The fraction of sp³-hybridized carbons (Fsp3) is 0.615. The Labute approximate surface area is 117 Å². The summed E-state index contributed by atoms with van der Waals surface area (Å²) in [5.41, 5.74) is 0.225. The van der Waals surface area contributed by atoms with Crippen LogP contribution in [0.2, 0.25) is 0 Å². The van der Waals surface area contributed by atoms with Crippen LogP contribution in [0, 0.1) is 5.92 Å². The third-order valence-corrected chi connectivity index (χ3v) is 3.49. The first kappa shape index (κ1) is 14.5. The number of anilines is 1. The second-order valence-corrected chi connectivity index (χ2v) is 4.99. The first-order valence-corrected chi connectivity index (χ1v) is 6.85. The maximum Gasteiger partial charge on any atom is 0.271 e. The molecule has 1 fully saturated rings. The van der Waals surface area contributed by atoms with E-state index in [1.807, 2.05) is 0 Å². The number of aromatic nitrogens is 2. The summed E-state index contributed by atoms with van der Waals surface area (Å²) in [4.78, 5) is 23.7. The van der Waals surface area contributed by atoms with Gasteiger partial charge in [0.1, 0.15) is 5.82 Å². The number of carbonyl (C=O) groups is 2. The number of aliphatic hydroxyl groups is 1. The molecule has 3 N–H and O–H groups in total. The zero-order valence-corrected chi connectivity index (χ0v) is 11.6. The Morgan fingerprint density at radius 3 is 2.80 bits per heavy atom. The van der Waals surface area contributed by atoms with E-state index in [-0.39, 0.29) is 36.6 Å². The fourth-order valence-corrected chi connectivity index (χ4v) is 2.37. The Kier molecular flexibility index (Phi) is 4.73. The van der Waals surface area contributed by atoms with Gasteiger partial charge in [0.05, 0.1) is 6.61 Å². The molecule has 1 aliphatic carbocycles. The van der Waals surface area contributed by atoms with E-state index in [0.29, 0.717) is 5.82 Å². The minimum atomic E-state index is -0.365. The van der Waals surface area contributed by atoms with Gasteiger partial charge in [0.25, 0.3) is 5.91 Å². The molecule has 1 aliphatic rings.